The molecule has 1 N–H and O–H groups in total. The van der Waals surface area contributed by atoms with E-state index in [1.807, 2.05) is 19.9 Å². The van der Waals surface area contributed by atoms with E-state index in [4.69, 9.17) is 4.74 Å². The molecule has 1 aliphatic rings. The average molecular weight is 195 g/mol. The van der Waals surface area contributed by atoms with Crippen LogP contribution < -0.4 is 5.32 Å². The van der Waals surface area contributed by atoms with Crippen LogP contribution in [-0.2, 0) is 10.5 Å². The largest absolute Gasteiger partial charge is 0.352 e. The molecule has 2 rings (SSSR count). The minimum Gasteiger partial charge on any atom is -0.352 e. The van der Waals surface area contributed by atoms with Crippen LogP contribution in [0.5, 0.6) is 0 Å². The maximum absolute atomic E-state index is 13.0. The van der Waals surface area contributed by atoms with Gasteiger partial charge in [-0.3, -0.25) is 5.32 Å². The molecule has 2 unspecified atom stereocenters. The molecule has 3 heteroatoms. The Morgan fingerprint density at radius 1 is 1.57 bits per heavy atom. The van der Waals surface area contributed by atoms with Gasteiger partial charge in [0, 0.05) is 12.1 Å². The Kier molecular flexibility index (Phi) is 2.29. The molecule has 0 amide bonds. The zero-order valence-electron chi connectivity index (χ0n) is 8.38. The number of halogens is 1. The molecule has 0 bridgehead atoms. The number of rotatable bonds is 1. The second kappa shape index (κ2) is 3.33. The van der Waals surface area contributed by atoms with Crippen molar-refractivity contribution >= 4 is 0 Å². The molecule has 1 heterocycles. The zero-order valence-corrected chi connectivity index (χ0v) is 8.38. The van der Waals surface area contributed by atoms with Crippen LogP contribution >= 0.6 is 0 Å². The van der Waals surface area contributed by atoms with Gasteiger partial charge in [0.15, 0.2) is 0 Å². The van der Waals surface area contributed by atoms with Crippen molar-refractivity contribution in [2.24, 2.45) is 0 Å². The average Bonchev–Trinajstić information content (AvgIpc) is 2.48. The highest BCUT2D eigenvalue weighted by Crippen LogP contribution is 2.28. The summed E-state index contributed by atoms with van der Waals surface area (Å²) in [7, 11) is 0. The molecule has 1 fully saturated rings. The number of benzene rings is 1. The smallest absolute Gasteiger partial charge is 0.143 e. The molecular weight excluding hydrogens is 181 g/mol. The summed E-state index contributed by atoms with van der Waals surface area (Å²) in [5.74, 6) is -0.228. The first-order valence-electron chi connectivity index (χ1n) is 4.79. The second-order valence-corrected chi connectivity index (χ2v) is 3.85. The van der Waals surface area contributed by atoms with E-state index in [0.717, 1.165) is 12.1 Å². The summed E-state index contributed by atoms with van der Waals surface area (Å²) in [4.78, 5) is 0. The molecule has 1 aromatic carbocycles. The van der Waals surface area contributed by atoms with Gasteiger partial charge in [-0.2, -0.15) is 0 Å². The topological polar surface area (TPSA) is 21.3 Å². The third kappa shape index (κ3) is 1.65. The summed E-state index contributed by atoms with van der Waals surface area (Å²) < 4.78 is 18.7. The summed E-state index contributed by atoms with van der Waals surface area (Å²) in [6.07, 6.45) is 0.170. The Labute approximate surface area is 83.1 Å². The first-order chi connectivity index (χ1) is 6.60. The van der Waals surface area contributed by atoms with E-state index in [1.165, 1.54) is 12.1 Å². The summed E-state index contributed by atoms with van der Waals surface area (Å²) in [5, 5.41) is 3.24. The molecule has 1 aromatic rings. The van der Waals surface area contributed by atoms with Gasteiger partial charge in [0.25, 0.3) is 0 Å². The minimum atomic E-state index is -0.540. The van der Waals surface area contributed by atoms with Gasteiger partial charge >= 0.3 is 0 Å². The lowest BCUT2D eigenvalue weighted by Crippen LogP contribution is -2.34. The van der Waals surface area contributed by atoms with E-state index in [1.54, 1.807) is 6.07 Å². The van der Waals surface area contributed by atoms with Crippen LogP contribution in [0.15, 0.2) is 24.3 Å². The third-order valence-corrected chi connectivity index (χ3v) is 2.54. The monoisotopic (exact) mass is 195 g/mol. The fourth-order valence-electron chi connectivity index (χ4n) is 1.78. The molecule has 76 valence electrons. The summed E-state index contributed by atoms with van der Waals surface area (Å²) >= 11 is 0. The predicted molar refractivity (Wildman–Crippen MR) is 52.3 cm³/mol. The van der Waals surface area contributed by atoms with E-state index < -0.39 is 5.72 Å². The van der Waals surface area contributed by atoms with Crippen molar-refractivity contribution in [1.82, 2.24) is 5.32 Å². The van der Waals surface area contributed by atoms with Crippen LogP contribution in [0.1, 0.15) is 19.4 Å². The zero-order chi connectivity index (χ0) is 10.2. The number of hydrogen-bond donors (Lipinski definition) is 1. The van der Waals surface area contributed by atoms with Gasteiger partial charge in [-0.05, 0) is 26.0 Å². The van der Waals surface area contributed by atoms with Crippen LogP contribution in [0, 0.1) is 5.82 Å². The quantitative estimate of drug-likeness (QED) is 0.740. The Hall–Kier alpha value is -0.930. The van der Waals surface area contributed by atoms with E-state index in [-0.39, 0.29) is 11.9 Å². The molecule has 0 saturated carbocycles. The SMILES string of the molecule is CC1CNC(C)(c2cccc(F)c2)O1. The highest BCUT2D eigenvalue weighted by atomic mass is 19.1. The molecule has 2 atom stereocenters. The minimum absolute atomic E-state index is 0.170. The van der Waals surface area contributed by atoms with E-state index in [9.17, 15) is 4.39 Å². The van der Waals surface area contributed by atoms with Crippen LogP contribution in [0.3, 0.4) is 0 Å². The summed E-state index contributed by atoms with van der Waals surface area (Å²) in [6.45, 7) is 4.72. The van der Waals surface area contributed by atoms with Crippen LogP contribution in [0.25, 0.3) is 0 Å². The van der Waals surface area contributed by atoms with E-state index in [2.05, 4.69) is 5.32 Å². The molecule has 14 heavy (non-hydrogen) atoms. The molecule has 0 spiro atoms. The van der Waals surface area contributed by atoms with Gasteiger partial charge in [0.2, 0.25) is 0 Å². The third-order valence-electron chi connectivity index (χ3n) is 2.54. The number of hydrogen-bond acceptors (Lipinski definition) is 2. The fourth-order valence-corrected chi connectivity index (χ4v) is 1.78. The Morgan fingerprint density at radius 2 is 2.36 bits per heavy atom. The molecule has 0 aromatic heterocycles. The molecule has 0 radical (unpaired) electrons. The normalized spacial score (nSPS) is 32.1. The highest BCUT2D eigenvalue weighted by Gasteiger charge is 2.35. The van der Waals surface area contributed by atoms with Crippen LogP contribution in [0.2, 0.25) is 0 Å². The predicted octanol–water partition coefficient (Wildman–Crippen LogP) is 2.01. The second-order valence-electron chi connectivity index (χ2n) is 3.85. The van der Waals surface area contributed by atoms with Crippen molar-refractivity contribution in [2.75, 3.05) is 6.54 Å². The number of ether oxygens (including phenoxy) is 1. The van der Waals surface area contributed by atoms with Crippen LogP contribution in [-0.4, -0.2) is 12.6 Å². The van der Waals surface area contributed by atoms with Gasteiger partial charge < -0.3 is 4.74 Å². The molecule has 2 nitrogen and oxygen atoms in total. The van der Waals surface area contributed by atoms with Crippen molar-refractivity contribution in [3.8, 4) is 0 Å². The van der Waals surface area contributed by atoms with Crippen molar-refractivity contribution in [1.29, 1.82) is 0 Å². The van der Waals surface area contributed by atoms with Crippen molar-refractivity contribution in [2.45, 2.75) is 25.7 Å². The lowest BCUT2D eigenvalue weighted by Gasteiger charge is -2.24. The maximum Gasteiger partial charge on any atom is 0.143 e. The van der Waals surface area contributed by atoms with Crippen molar-refractivity contribution in [3.63, 3.8) is 0 Å². The highest BCUT2D eigenvalue weighted by molar-refractivity contribution is 5.23. The molecule has 0 aliphatic carbocycles. The number of nitrogens with one attached hydrogen (secondary N) is 1. The van der Waals surface area contributed by atoms with Gasteiger partial charge in [-0.1, -0.05) is 12.1 Å². The first-order valence-corrected chi connectivity index (χ1v) is 4.79. The fraction of sp³-hybridized carbons (Fsp3) is 0.455. The van der Waals surface area contributed by atoms with Gasteiger partial charge in [-0.15, -0.1) is 0 Å². The Morgan fingerprint density at radius 3 is 2.93 bits per heavy atom. The Bertz CT molecular complexity index is 342. The van der Waals surface area contributed by atoms with Gasteiger partial charge in [0.05, 0.1) is 6.10 Å². The summed E-state index contributed by atoms with van der Waals surface area (Å²) in [5.41, 5.74) is 0.295. The lowest BCUT2D eigenvalue weighted by molar-refractivity contribution is -0.0344. The lowest BCUT2D eigenvalue weighted by atomic mass is 10.1. The molecule has 1 aliphatic heterocycles. The summed E-state index contributed by atoms with van der Waals surface area (Å²) in [6, 6.07) is 6.51. The van der Waals surface area contributed by atoms with E-state index >= 15 is 0 Å². The van der Waals surface area contributed by atoms with Crippen molar-refractivity contribution in [3.05, 3.63) is 35.6 Å². The van der Waals surface area contributed by atoms with Crippen LogP contribution in [0.4, 0.5) is 4.39 Å². The van der Waals surface area contributed by atoms with E-state index in [0.29, 0.717) is 0 Å². The standard InChI is InChI=1S/C11H14FNO/c1-8-7-13-11(2,14-8)9-4-3-5-10(12)6-9/h3-6,8,13H,7H2,1-2H3. The Balaban J connectivity index is 2.30. The maximum atomic E-state index is 13.0. The van der Waals surface area contributed by atoms with Gasteiger partial charge in [0.1, 0.15) is 11.5 Å². The molecule has 1 saturated heterocycles. The van der Waals surface area contributed by atoms with Gasteiger partial charge in [-0.25, -0.2) is 4.39 Å². The molecular formula is C11H14FNO. The van der Waals surface area contributed by atoms with Crippen molar-refractivity contribution < 1.29 is 9.13 Å². The first kappa shape index (κ1) is 9.62.